The number of rotatable bonds is 10. The molecule has 1 heterocycles. The quantitative estimate of drug-likeness (QED) is 0.127. The summed E-state index contributed by atoms with van der Waals surface area (Å²) < 4.78 is 2.38. The van der Waals surface area contributed by atoms with E-state index in [2.05, 4.69) is 242 Å². The molecule has 0 bridgehead atoms. The van der Waals surface area contributed by atoms with Crippen LogP contribution in [0.15, 0.2) is 224 Å². The Morgan fingerprint density at radius 1 is 0.474 bits per heavy atom. The van der Waals surface area contributed by atoms with Crippen LogP contribution in [0.2, 0.25) is 0 Å². The lowest BCUT2D eigenvalue weighted by Crippen LogP contribution is -2.17. The molecule has 9 aromatic rings. The summed E-state index contributed by atoms with van der Waals surface area (Å²) in [5, 5.41) is 2.53. The third kappa shape index (κ3) is 7.10. The topological polar surface area (TPSA) is 8.17 Å². The molecule has 0 spiro atoms. The van der Waals surface area contributed by atoms with Gasteiger partial charge < -0.3 is 9.47 Å². The highest BCUT2D eigenvalue weighted by atomic mass is 15.1. The van der Waals surface area contributed by atoms with Crippen molar-refractivity contribution < 1.29 is 0 Å². The largest absolute Gasteiger partial charge is 0.314 e. The number of benzene rings is 8. The van der Waals surface area contributed by atoms with Crippen LogP contribution in [0.1, 0.15) is 25.8 Å². The van der Waals surface area contributed by atoms with Crippen LogP contribution in [0.5, 0.6) is 0 Å². The van der Waals surface area contributed by atoms with E-state index in [-0.39, 0.29) is 0 Å². The van der Waals surface area contributed by atoms with Crippen molar-refractivity contribution in [3.05, 3.63) is 230 Å². The number of nitrogens with zero attached hydrogens (tertiary/aromatic N) is 2. The van der Waals surface area contributed by atoms with E-state index >= 15 is 0 Å². The highest BCUT2D eigenvalue weighted by Gasteiger charge is 2.19. The zero-order valence-electron chi connectivity index (χ0n) is 32.4. The fourth-order valence-electron chi connectivity index (χ4n) is 8.04. The summed E-state index contributed by atoms with van der Waals surface area (Å²) in [7, 11) is 0. The van der Waals surface area contributed by atoms with Crippen LogP contribution in [0.25, 0.3) is 66.4 Å². The summed E-state index contributed by atoms with van der Waals surface area (Å²) in [6.07, 6.45) is 5.40. The third-order valence-electron chi connectivity index (χ3n) is 11.0. The predicted octanol–water partition coefficient (Wildman–Crippen LogP) is 15.3. The van der Waals surface area contributed by atoms with Gasteiger partial charge in [-0.3, -0.25) is 0 Å². The van der Waals surface area contributed by atoms with Gasteiger partial charge in [0.25, 0.3) is 0 Å². The molecule has 1 aromatic heterocycles. The highest BCUT2D eigenvalue weighted by Crippen LogP contribution is 2.41. The van der Waals surface area contributed by atoms with E-state index in [1.54, 1.807) is 0 Å². The number of hydrogen-bond acceptors (Lipinski definition) is 1. The van der Waals surface area contributed by atoms with Gasteiger partial charge in [-0.1, -0.05) is 171 Å². The Kier molecular flexibility index (Phi) is 9.91. The Bertz CT molecular complexity index is 2810. The molecule has 0 aliphatic carbocycles. The summed E-state index contributed by atoms with van der Waals surface area (Å²) >= 11 is 0. The molecule has 0 unspecified atom stereocenters. The average molecular weight is 733 g/mol. The molecule has 0 N–H and O–H groups in total. The highest BCUT2D eigenvalue weighted by molar-refractivity contribution is 6.09. The summed E-state index contributed by atoms with van der Waals surface area (Å²) in [4.78, 5) is 2.44. The molecule has 0 saturated carbocycles. The van der Waals surface area contributed by atoms with Crippen molar-refractivity contribution in [2.75, 3.05) is 4.90 Å². The van der Waals surface area contributed by atoms with Gasteiger partial charge in [-0.15, -0.1) is 0 Å². The first kappa shape index (κ1) is 35.5. The summed E-state index contributed by atoms with van der Waals surface area (Å²) in [6.45, 7) is 4.44. The van der Waals surface area contributed by atoms with Crippen LogP contribution in [-0.2, 0) is 0 Å². The van der Waals surface area contributed by atoms with Crippen molar-refractivity contribution in [3.63, 3.8) is 0 Å². The summed E-state index contributed by atoms with van der Waals surface area (Å²) in [5.41, 5.74) is 16.7. The van der Waals surface area contributed by atoms with Crippen LogP contribution in [0.3, 0.4) is 0 Å². The second-order valence-electron chi connectivity index (χ2n) is 14.5. The van der Waals surface area contributed by atoms with Crippen LogP contribution < -0.4 is 4.90 Å². The van der Waals surface area contributed by atoms with E-state index in [1.807, 2.05) is 0 Å². The summed E-state index contributed by atoms with van der Waals surface area (Å²) in [6, 6.07) is 74.3. The maximum Gasteiger partial charge on any atom is 0.0541 e. The molecule has 0 radical (unpaired) electrons. The van der Waals surface area contributed by atoms with E-state index in [0.717, 1.165) is 23.5 Å². The number of hydrogen-bond donors (Lipinski definition) is 0. The molecule has 0 aliphatic heterocycles. The molecule has 0 aliphatic rings. The summed E-state index contributed by atoms with van der Waals surface area (Å²) in [5.74, 6) is 0. The van der Waals surface area contributed by atoms with Crippen molar-refractivity contribution in [2.45, 2.75) is 20.3 Å². The minimum Gasteiger partial charge on any atom is -0.314 e. The Morgan fingerprint density at radius 3 is 1.65 bits per heavy atom. The average Bonchev–Trinajstić information content (AvgIpc) is 3.63. The molecule has 0 fully saturated rings. The van der Waals surface area contributed by atoms with E-state index in [9.17, 15) is 0 Å². The van der Waals surface area contributed by atoms with Gasteiger partial charge in [0.15, 0.2) is 0 Å². The molecule has 274 valence electrons. The van der Waals surface area contributed by atoms with E-state index in [4.69, 9.17) is 0 Å². The van der Waals surface area contributed by atoms with E-state index < -0.39 is 0 Å². The second-order valence-corrected chi connectivity index (χ2v) is 14.5. The van der Waals surface area contributed by atoms with E-state index in [0.29, 0.717) is 0 Å². The first-order valence-electron chi connectivity index (χ1n) is 19.8. The van der Waals surface area contributed by atoms with Gasteiger partial charge in [0.05, 0.1) is 16.7 Å². The van der Waals surface area contributed by atoms with Crippen LogP contribution in [0.4, 0.5) is 11.4 Å². The minimum atomic E-state index is 0.848. The lowest BCUT2D eigenvalue weighted by atomic mass is 9.98. The standard InChI is InChI=1S/C55H44N2/c1-3-47(34-29-40(2)41-17-6-4-7-18-41)56(48-35-30-43(31-36-48)46-22-16-21-45(39-46)42-19-8-5-9-20-42)53-26-13-10-23-50(53)44-32-37-49(38-33-44)57-54-27-14-11-24-51(54)52-25-12-15-28-55(52)57/h4-39H,3H2,1-2H3/b40-29+,47-34+. The van der Waals surface area contributed by atoms with Gasteiger partial charge in [-0.2, -0.15) is 0 Å². The third-order valence-corrected chi connectivity index (χ3v) is 11.0. The Morgan fingerprint density at radius 2 is 1.00 bits per heavy atom. The van der Waals surface area contributed by atoms with Gasteiger partial charge in [-0.25, -0.2) is 0 Å². The Balaban J connectivity index is 1.13. The molecule has 2 heteroatoms. The predicted molar refractivity (Wildman–Crippen MR) is 244 cm³/mol. The number of aromatic nitrogens is 1. The Labute approximate surface area is 335 Å². The zero-order valence-corrected chi connectivity index (χ0v) is 32.4. The van der Waals surface area contributed by atoms with Gasteiger partial charge in [-0.05, 0) is 107 Å². The normalized spacial score (nSPS) is 12.0. The monoisotopic (exact) mass is 732 g/mol. The number of para-hydroxylation sites is 3. The van der Waals surface area contributed by atoms with Crippen molar-refractivity contribution >= 4 is 38.8 Å². The van der Waals surface area contributed by atoms with Crippen LogP contribution >= 0.6 is 0 Å². The molecule has 0 atom stereocenters. The smallest absolute Gasteiger partial charge is 0.0541 e. The second kappa shape index (κ2) is 15.9. The first-order chi connectivity index (χ1) is 28.2. The number of allylic oxidation sites excluding steroid dienone is 4. The minimum absolute atomic E-state index is 0.848. The number of anilines is 2. The molecule has 9 rings (SSSR count). The van der Waals surface area contributed by atoms with Gasteiger partial charge in [0, 0.05) is 33.4 Å². The lowest BCUT2D eigenvalue weighted by Gasteiger charge is -2.30. The Hall–Kier alpha value is -7.16. The van der Waals surface area contributed by atoms with Crippen molar-refractivity contribution in [3.8, 4) is 39.1 Å². The fraction of sp³-hybridized carbons (Fsp3) is 0.0545. The fourth-order valence-corrected chi connectivity index (χ4v) is 8.04. The molecular formula is C55H44N2. The SMILES string of the molecule is CC/C(=C\C=C(/C)c1ccccc1)N(c1ccc(-c2cccc(-c3ccccc3)c2)cc1)c1ccccc1-c1ccc(-n2c3ccccc3c3ccccc32)cc1. The van der Waals surface area contributed by atoms with Crippen LogP contribution in [0, 0.1) is 0 Å². The molecule has 57 heavy (non-hydrogen) atoms. The lowest BCUT2D eigenvalue weighted by molar-refractivity contribution is 1.01. The van der Waals surface area contributed by atoms with Crippen LogP contribution in [-0.4, -0.2) is 4.57 Å². The van der Waals surface area contributed by atoms with E-state index in [1.165, 1.54) is 72.0 Å². The molecular weight excluding hydrogens is 689 g/mol. The number of fused-ring (bicyclic) bond motifs is 3. The van der Waals surface area contributed by atoms with Crippen molar-refractivity contribution in [1.29, 1.82) is 0 Å². The molecule has 8 aromatic carbocycles. The van der Waals surface area contributed by atoms with Crippen molar-refractivity contribution in [2.24, 2.45) is 0 Å². The maximum absolute atomic E-state index is 2.44. The first-order valence-corrected chi connectivity index (χ1v) is 19.8. The van der Waals surface area contributed by atoms with Gasteiger partial charge >= 0.3 is 0 Å². The van der Waals surface area contributed by atoms with Gasteiger partial charge in [0.1, 0.15) is 0 Å². The molecule has 2 nitrogen and oxygen atoms in total. The molecule has 0 amide bonds. The maximum atomic E-state index is 2.44. The van der Waals surface area contributed by atoms with Crippen molar-refractivity contribution in [1.82, 2.24) is 4.57 Å². The molecule has 0 saturated heterocycles. The van der Waals surface area contributed by atoms with Gasteiger partial charge in [0.2, 0.25) is 0 Å². The zero-order chi connectivity index (χ0) is 38.6.